The molecule has 0 aliphatic carbocycles. The summed E-state index contributed by atoms with van der Waals surface area (Å²) in [5, 5.41) is 2.38. The smallest absolute Gasteiger partial charge is 0.255 e. The van der Waals surface area contributed by atoms with E-state index in [1.807, 2.05) is 12.1 Å². The minimum atomic E-state index is -0.552. The van der Waals surface area contributed by atoms with E-state index in [1.54, 1.807) is 4.90 Å². The summed E-state index contributed by atoms with van der Waals surface area (Å²) in [7, 11) is 0. The number of amides is 3. The predicted octanol–water partition coefficient (Wildman–Crippen LogP) is 4.00. The maximum atomic E-state index is 13.0. The van der Waals surface area contributed by atoms with Gasteiger partial charge in [0.15, 0.2) is 0 Å². The summed E-state index contributed by atoms with van der Waals surface area (Å²) in [5.41, 5.74) is 4.42. The van der Waals surface area contributed by atoms with Crippen molar-refractivity contribution in [1.29, 1.82) is 0 Å². The average Bonchev–Trinajstić information content (AvgIpc) is 3.45. The second kappa shape index (κ2) is 10.1. The molecule has 6 heteroatoms. The van der Waals surface area contributed by atoms with Crippen LogP contribution in [0.2, 0.25) is 0 Å². The third-order valence-corrected chi connectivity index (χ3v) is 7.62. The number of rotatable bonds is 8. The average molecular weight is 460 g/mol. The van der Waals surface area contributed by atoms with Crippen LogP contribution in [0.3, 0.4) is 0 Å². The lowest BCUT2D eigenvalue weighted by molar-refractivity contribution is -0.136. The van der Waals surface area contributed by atoms with Gasteiger partial charge in [-0.05, 0) is 74.4 Å². The van der Waals surface area contributed by atoms with Crippen LogP contribution in [-0.4, -0.2) is 46.7 Å². The van der Waals surface area contributed by atoms with Gasteiger partial charge in [-0.3, -0.25) is 24.6 Å². The molecule has 0 aromatic heterocycles. The number of benzene rings is 2. The molecule has 178 valence electrons. The summed E-state index contributed by atoms with van der Waals surface area (Å²) in [6.07, 6.45) is 7.58. The van der Waals surface area contributed by atoms with Crippen LogP contribution in [0.4, 0.5) is 0 Å². The minimum absolute atomic E-state index is 0.0904. The van der Waals surface area contributed by atoms with Crippen LogP contribution < -0.4 is 5.32 Å². The first-order chi connectivity index (χ1) is 16.6. The molecule has 0 spiro atoms. The first-order valence-electron chi connectivity index (χ1n) is 12.7. The maximum Gasteiger partial charge on any atom is 0.255 e. The summed E-state index contributed by atoms with van der Waals surface area (Å²) in [6.45, 7) is 2.78. The van der Waals surface area contributed by atoms with E-state index in [0.717, 1.165) is 31.4 Å². The summed E-state index contributed by atoms with van der Waals surface area (Å²) >= 11 is 0. The lowest BCUT2D eigenvalue weighted by Crippen LogP contribution is -2.52. The standard InChI is InChI=1S/C28H33N3O3/c32-26-16-15-25(27(33)29-26)31-19-23-20(12-7-13-22(23)28(31)34)9-5-2-6-17-30-18-8-14-24(30)21-10-3-1-4-11-21/h1,3-4,7,10-13,24-25H,2,5-6,8-9,14-19H2,(H,29,32,33). The highest BCUT2D eigenvalue weighted by Crippen LogP contribution is 2.33. The highest BCUT2D eigenvalue weighted by atomic mass is 16.2. The van der Waals surface area contributed by atoms with Gasteiger partial charge in [0.1, 0.15) is 6.04 Å². The molecule has 3 aliphatic heterocycles. The molecular formula is C28H33N3O3. The van der Waals surface area contributed by atoms with Crippen molar-refractivity contribution >= 4 is 17.7 Å². The van der Waals surface area contributed by atoms with Crippen LogP contribution in [0.5, 0.6) is 0 Å². The number of carbonyl (C=O) groups is 3. The van der Waals surface area contributed by atoms with Gasteiger partial charge in [0.25, 0.3) is 5.91 Å². The minimum Gasteiger partial charge on any atom is -0.322 e. The fraction of sp³-hybridized carbons (Fsp3) is 0.464. The molecule has 5 rings (SSSR count). The fourth-order valence-electron chi connectivity index (χ4n) is 5.84. The number of nitrogens with one attached hydrogen (secondary N) is 1. The first kappa shape index (κ1) is 22.8. The topological polar surface area (TPSA) is 69.7 Å². The predicted molar refractivity (Wildman–Crippen MR) is 130 cm³/mol. The highest BCUT2D eigenvalue weighted by Gasteiger charge is 2.39. The Balaban J connectivity index is 1.14. The Kier molecular flexibility index (Phi) is 6.77. The van der Waals surface area contributed by atoms with Gasteiger partial charge in [0, 0.05) is 24.6 Å². The highest BCUT2D eigenvalue weighted by molar-refractivity contribution is 6.05. The number of imide groups is 1. The Hall–Kier alpha value is -2.99. The lowest BCUT2D eigenvalue weighted by Gasteiger charge is -2.29. The van der Waals surface area contributed by atoms with E-state index in [0.29, 0.717) is 24.6 Å². The SMILES string of the molecule is O=C1CCC(N2Cc3c(CCCCCN4CCCC4c4ccccc4)cccc3C2=O)C(=O)N1. The number of carbonyl (C=O) groups excluding carboxylic acids is 3. The van der Waals surface area contributed by atoms with Gasteiger partial charge in [-0.15, -0.1) is 0 Å². The van der Waals surface area contributed by atoms with E-state index < -0.39 is 6.04 Å². The van der Waals surface area contributed by atoms with Crippen molar-refractivity contribution in [3.05, 3.63) is 70.8 Å². The van der Waals surface area contributed by atoms with Crippen LogP contribution in [0.25, 0.3) is 0 Å². The molecule has 2 aromatic rings. The van der Waals surface area contributed by atoms with E-state index >= 15 is 0 Å². The largest absolute Gasteiger partial charge is 0.322 e. The Morgan fingerprint density at radius 3 is 2.56 bits per heavy atom. The molecule has 34 heavy (non-hydrogen) atoms. The van der Waals surface area contributed by atoms with Gasteiger partial charge < -0.3 is 4.90 Å². The van der Waals surface area contributed by atoms with Gasteiger partial charge in [-0.2, -0.15) is 0 Å². The van der Waals surface area contributed by atoms with Gasteiger partial charge in [-0.1, -0.05) is 48.9 Å². The molecule has 3 aliphatic rings. The van der Waals surface area contributed by atoms with Crippen LogP contribution in [-0.2, 0) is 22.6 Å². The quantitative estimate of drug-likeness (QED) is 0.479. The van der Waals surface area contributed by atoms with Gasteiger partial charge in [0.2, 0.25) is 11.8 Å². The first-order valence-corrected chi connectivity index (χ1v) is 12.7. The van der Waals surface area contributed by atoms with Crippen molar-refractivity contribution in [3.63, 3.8) is 0 Å². The maximum absolute atomic E-state index is 13.0. The number of likely N-dealkylation sites (tertiary alicyclic amines) is 1. The molecule has 3 amide bonds. The third-order valence-electron chi connectivity index (χ3n) is 7.62. The lowest BCUT2D eigenvalue weighted by atomic mass is 9.98. The fourth-order valence-corrected chi connectivity index (χ4v) is 5.84. The van der Waals surface area contributed by atoms with Crippen molar-refractivity contribution < 1.29 is 14.4 Å². The van der Waals surface area contributed by atoms with Crippen LogP contribution >= 0.6 is 0 Å². The number of hydrogen-bond acceptors (Lipinski definition) is 4. The zero-order valence-electron chi connectivity index (χ0n) is 19.7. The monoisotopic (exact) mass is 459 g/mol. The molecule has 2 fully saturated rings. The number of piperidine rings is 1. The Morgan fingerprint density at radius 1 is 0.882 bits per heavy atom. The third kappa shape index (κ3) is 4.64. The van der Waals surface area contributed by atoms with Crippen molar-refractivity contribution in [2.45, 2.75) is 70.0 Å². The molecular weight excluding hydrogens is 426 g/mol. The van der Waals surface area contributed by atoms with Crippen molar-refractivity contribution in [2.24, 2.45) is 0 Å². The Labute approximate surface area is 201 Å². The molecule has 6 nitrogen and oxygen atoms in total. The summed E-state index contributed by atoms with van der Waals surface area (Å²) in [6, 6.07) is 16.8. The second-order valence-corrected chi connectivity index (χ2v) is 9.76. The Morgan fingerprint density at radius 2 is 1.74 bits per heavy atom. The summed E-state index contributed by atoms with van der Waals surface area (Å²) in [5.74, 6) is -0.697. The molecule has 3 heterocycles. The van der Waals surface area contributed by atoms with Crippen molar-refractivity contribution in [1.82, 2.24) is 15.1 Å². The van der Waals surface area contributed by atoms with Crippen LogP contribution in [0.1, 0.15) is 78.0 Å². The van der Waals surface area contributed by atoms with Gasteiger partial charge in [0.05, 0.1) is 0 Å². The molecule has 2 aromatic carbocycles. The number of fused-ring (bicyclic) bond motifs is 1. The summed E-state index contributed by atoms with van der Waals surface area (Å²) < 4.78 is 0. The number of aryl methyl sites for hydroxylation is 1. The molecule has 0 bridgehead atoms. The van der Waals surface area contributed by atoms with Gasteiger partial charge >= 0.3 is 0 Å². The van der Waals surface area contributed by atoms with Crippen LogP contribution in [0.15, 0.2) is 48.5 Å². The molecule has 0 radical (unpaired) electrons. The number of hydrogen-bond donors (Lipinski definition) is 1. The van der Waals surface area contributed by atoms with Crippen molar-refractivity contribution in [3.8, 4) is 0 Å². The zero-order valence-corrected chi connectivity index (χ0v) is 19.7. The normalized spacial score (nSPS) is 22.8. The van der Waals surface area contributed by atoms with Crippen molar-refractivity contribution in [2.75, 3.05) is 13.1 Å². The summed E-state index contributed by atoms with van der Waals surface area (Å²) in [4.78, 5) is 41.1. The number of unbranched alkanes of at least 4 members (excludes halogenated alkanes) is 2. The molecule has 0 saturated carbocycles. The molecule has 2 saturated heterocycles. The van der Waals surface area contributed by atoms with Crippen LogP contribution in [0, 0.1) is 0 Å². The van der Waals surface area contributed by atoms with E-state index in [-0.39, 0.29) is 24.1 Å². The van der Waals surface area contributed by atoms with Gasteiger partial charge in [-0.25, -0.2) is 0 Å². The second-order valence-electron chi connectivity index (χ2n) is 9.76. The van der Waals surface area contributed by atoms with E-state index in [2.05, 4.69) is 46.6 Å². The van der Waals surface area contributed by atoms with E-state index in [9.17, 15) is 14.4 Å². The molecule has 2 unspecified atom stereocenters. The number of nitrogens with zero attached hydrogens (tertiary/aromatic N) is 2. The zero-order chi connectivity index (χ0) is 23.5. The molecule has 2 atom stereocenters. The molecule has 1 N–H and O–H groups in total. The van der Waals surface area contributed by atoms with E-state index in [4.69, 9.17) is 0 Å². The Bertz CT molecular complexity index is 1070. The van der Waals surface area contributed by atoms with E-state index in [1.165, 1.54) is 36.9 Å².